The fraction of sp³-hybridized carbons (Fsp3) is 0.333. The highest BCUT2D eigenvalue weighted by Crippen LogP contribution is 2.25. The van der Waals surface area contributed by atoms with Crippen molar-refractivity contribution in [3.63, 3.8) is 0 Å². The van der Waals surface area contributed by atoms with Crippen LogP contribution in [0, 0.1) is 13.8 Å². The summed E-state index contributed by atoms with van der Waals surface area (Å²) in [6.45, 7) is 4.60. The lowest BCUT2D eigenvalue weighted by Crippen LogP contribution is -2.51. The molecule has 3 aromatic rings. The molecule has 1 aliphatic rings. The molecule has 3 heterocycles. The van der Waals surface area contributed by atoms with E-state index in [2.05, 4.69) is 0 Å². The van der Waals surface area contributed by atoms with E-state index < -0.39 is 15.6 Å². The monoisotopic (exact) mass is 462 g/mol. The molecule has 0 spiro atoms. The van der Waals surface area contributed by atoms with Gasteiger partial charge in [0.15, 0.2) is 6.61 Å². The van der Waals surface area contributed by atoms with Crippen LogP contribution in [0.1, 0.15) is 10.4 Å². The lowest BCUT2D eigenvalue weighted by Gasteiger charge is -2.33. The Balaban J connectivity index is 1.35. The number of piperazine rings is 1. The van der Waals surface area contributed by atoms with Crippen LogP contribution in [-0.4, -0.2) is 56.3 Å². The van der Waals surface area contributed by atoms with E-state index in [9.17, 15) is 18.0 Å². The maximum Gasteiger partial charge on any atom is 0.336 e. The quantitative estimate of drug-likeness (QED) is 0.540. The van der Waals surface area contributed by atoms with Gasteiger partial charge in [-0.15, -0.1) is 11.3 Å². The summed E-state index contributed by atoms with van der Waals surface area (Å²) >= 11 is 1.25. The van der Waals surface area contributed by atoms with Gasteiger partial charge in [-0.1, -0.05) is 0 Å². The minimum atomic E-state index is -3.53. The smallest absolute Gasteiger partial charge is 0.336 e. The first-order valence-electron chi connectivity index (χ1n) is 9.76. The van der Waals surface area contributed by atoms with Crippen molar-refractivity contribution in [1.82, 2.24) is 9.21 Å². The van der Waals surface area contributed by atoms with E-state index in [0.29, 0.717) is 28.6 Å². The minimum Gasteiger partial charge on any atom is -0.484 e. The van der Waals surface area contributed by atoms with Gasteiger partial charge in [-0.25, -0.2) is 13.2 Å². The molecule has 1 aliphatic heterocycles. The highest BCUT2D eigenvalue weighted by molar-refractivity contribution is 7.91. The summed E-state index contributed by atoms with van der Waals surface area (Å²) in [6.07, 6.45) is 0. The lowest BCUT2D eigenvalue weighted by atomic mass is 10.1. The number of carbonyl (C=O) groups is 1. The van der Waals surface area contributed by atoms with Crippen molar-refractivity contribution in [3.8, 4) is 5.75 Å². The number of amides is 1. The Labute approximate surface area is 183 Å². The van der Waals surface area contributed by atoms with Crippen molar-refractivity contribution in [1.29, 1.82) is 0 Å². The van der Waals surface area contributed by atoms with Crippen LogP contribution in [-0.2, 0) is 14.8 Å². The predicted molar refractivity (Wildman–Crippen MR) is 117 cm³/mol. The molecular formula is C21H22N2O6S2. The summed E-state index contributed by atoms with van der Waals surface area (Å²) in [5, 5.41) is 0.802. The Bertz CT molecular complexity index is 1290. The molecule has 0 saturated carbocycles. The molecule has 0 bridgehead atoms. The molecule has 0 N–H and O–H groups in total. The Morgan fingerprint density at radius 1 is 1.10 bits per heavy atom. The van der Waals surface area contributed by atoms with Crippen molar-refractivity contribution in [3.05, 3.63) is 57.3 Å². The lowest BCUT2D eigenvalue weighted by molar-refractivity contribution is -0.134. The molecule has 1 saturated heterocycles. The summed E-state index contributed by atoms with van der Waals surface area (Å²) in [4.78, 5) is 26.6. The summed E-state index contributed by atoms with van der Waals surface area (Å²) < 4.78 is 38.0. The van der Waals surface area contributed by atoms with Crippen molar-refractivity contribution in [2.24, 2.45) is 0 Å². The fourth-order valence-corrected chi connectivity index (χ4v) is 6.35. The highest BCUT2D eigenvalue weighted by Gasteiger charge is 2.31. The van der Waals surface area contributed by atoms with E-state index in [1.54, 1.807) is 35.2 Å². The number of ether oxygens (including phenoxy) is 1. The Hall–Kier alpha value is -2.69. The number of nitrogens with zero attached hydrogens (tertiary/aromatic N) is 2. The molecular weight excluding hydrogens is 440 g/mol. The number of benzene rings is 1. The number of hydrogen-bond acceptors (Lipinski definition) is 7. The average Bonchev–Trinajstić information content (AvgIpc) is 3.19. The molecule has 31 heavy (non-hydrogen) atoms. The molecule has 8 nitrogen and oxygen atoms in total. The van der Waals surface area contributed by atoms with Gasteiger partial charge in [-0.3, -0.25) is 4.79 Å². The molecule has 0 aliphatic carbocycles. The zero-order valence-corrected chi connectivity index (χ0v) is 18.8. The van der Waals surface area contributed by atoms with Gasteiger partial charge in [-0.05, 0) is 43.7 Å². The average molecular weight is 463 g/mol. The van der Waals surface area contributed by atoms with Crippen LogP contribution >= 0.6 is 11.3 Å². The summed E-state index contributed by atoms with van der Waals surface area (Å²) in [6, 6.07) is 9.91. The molecule has 10 heteroatoms. The second-order valence-corrected chi connectivity index (χ2v) is 10.8. The van der Waals surface area contributed by atoms with Gasteiger partial charge in [0.05, 0.1) is 0 Å². The van der Waals surface area contributed by atoms with Gasteiger partial charge in [-0.2, -0.15) is 4.31 Å². The SMILES string of the molecule is Cc1ccc(S(=O)(=O)N2CCN(C(=O)COc3ccc4c(C)cc(=O)oc4c3)CC2)s1. The Kier molecular flexibility index (Phi) is 5.87. The number of thiophene rings is 1. The van der Waals surface area contributed by atoms with Gasteiger partial charge in [0, 0.05) is 48.6 Å². The Morgan fingerprint density at radius 3 is 2.52 bits per heavy atom. The first kappa shape index (κ1) is 21.5. The summed E-state index contributed by atoms with van der Waals surface area (Å²) in [5.74, 6) is 0.193. The third-order valence-electron chi connectivity index (χ3n) is 5.19. The second-order valence-electron chi connectivity index (χ2n) is 7.35. The van der Waals surface area contributed by atoms with E-state index in [1.165, 1.54) is 21.7 Å². The van der Waals surface area contributed by atoms with Crippen molar-refractivity contribution in [2.45, 2.75) is 18.1 Å². The highest BCUT2D eigenvalue weighted by atomic mass is 32.2. The number of carbonyl (C=O) groups excluding carboxylic acids is 1. The molecule has 1 fully saturated rings. The predicted octanol–water partition coefficient (Wildman–Crippen LogP) is 2.38. The van der Waals surface area contributed by atoms with Crippen molar-refractivity contribution < 1.29 is 22.4 Å². The van der Waals surface area contributed by atoms with Crippen molar-refractivity contribution >= 4 is 38.2 Å². The van der Waals surface area contributed by atoms with E-state index in [0.717, 1.165) is 15.8 Å². The number of hydrogen-bond donors (Lipinski definition) is 0. The zero-order chi connectivity index (χ0) is 22.2. The normalized spacial score (nSPS) is 15.4. The maximum absolute atomic E-state index is 12.7. The summed E-state index contributed by atoms with van der Waals surface area (Å²) in [5.41, 5.74) is 0.765. The third kappa shape index (κ3) is 4.51. The molecule has 164 valence electrons. The van der Waals surface area contributed by atoms with Gasteiger partial charge < -0.3 is 14.1 Å². The van der Waals surface area contributed by atoms with Gasteiger partial charge in [0.2, 0.25) is 0 Å². The number of rotatable bonds is 5. The van der Waals surface area contributed by atoms with E-state index in [1.807, 2.05) is 13.8 Å². The molecule has 4 rings (SSSR count). The topological polar surface area (TPSA) is 97.1 Å². The molecule has 1 aromatic carbocycles. The summed E-state index contributed by atoms with van der Waals surface area (Å²) in [7, 11) is -3.53. The van der Waals surface area contributed by atoms with Gasteiger partial charge in [0.1, 0.15) is 15.5 Å². The largest absolute Gasteiger partial charge is 0.484 e. The molecule has 0 unspecified atom stereocenters. The van der Waals surface area contributed by atoms with Crippen LogP contribution in [0.15, 0.2) is 49.8 Å². The molecule has 1 amide bonds. The number of aryl methyl sites for hydroxylation is 2. The van der Waals surface area contributed by atoms with Gasteiger partial charge in [0.25, 0.3) is 15.9 Å². The third-order valence-corrected chi connectivity index (χ3v) is 8.55. The number of fused-ring (bicyclic) bond motifs is 1. The Morgan fingerprint density at radius 2 is 1.84 bits per heavy atom. The van der Waals surface area contributed by atoms with E-state index in [-0.39, 0.29) is 25.6 Å². The van der Waals surface area contributed by atoms with Crippen LogP contribution in [0.5, 0.6) is 5.75 Å². The number of sulfonamides is 1. The van der Waals surface area contributed by atoms with Crippen LogP contribution in [0.3, 0.4) is 0 Å². The maximum atomic E-state index is 12.7. The minimum absolute atomic E-state index is 0.182. The first-order chi connectivity index (χ1) is 14.7. The second kappa shape index (κ2) is 8.45. The fourth-order valence-electron chi connectivity index (χ4n) is 3.49. The van der Waals surface area contributed by atoms with Gasteiger partial charge >= 0.3 is 5.63 Å². The van der Waals surface area contributed by atoms with Crippen LogP contribution in [0.2, 0.25) is 0 Å². The van der Waals surface area contributed by atoms with E-state index in [4.69, 9.17) is 9.15 Å². The zero-order valence-electron chi connectivity index (χ0n) is 17.2. The van der Waals surface area contributed by atoms with Crippen molar-refractivity contribution in [2.75, 3.05) is 32.8 Å². The van der Waals surface area contributed by atoms with Crippen LogP contribution in [0.25, 0.3) is 11.0 Å². The first-order valence-corrected chi connectivity index (χ1v) is 12.0. The molecule has 0 atom stereocenters. The van der Waals surface area contributed by atoms with Crippen LogP contribution < -0.4 is 10.4 Å². The van der Waals surface area contributed by atoms with E-state index >= 15 is 0 Å². The molecule has 0 radical (unpaired) electrons. The van der Waals surface area contributed by atoms with Crippen LogP contribution in [0.4, 0.5) is 0 Å². The standard InChI is InChI=1S/C21H22N2O6S2/c1-14-11-20(25)29-18-12-16(4-5-17(14)18)28-13-19(24)22-7-9-23(10-8-22)31(26,27)21-6-3-15(2)30-21/h3-6,11-12H,7-10,13H2,1-2H3. The molecule has 2 aromatic heterocycles.